The Morgan fingerprint density at radius 1 is 0.612 bits per heavy atom. The number of aliphatic carboxylic acids is 1. The van der Waals surface area contributed by atoms with Crippen LogP contribution in [0.1, 0.15) is 39.7 Å². The number of aromatic amines is 1. The number of ether oxygens (including phenoxy) is 2. The van der Waals surface area contributed by atoms with Crippen molar-refractivity contribution in [2.24, 2.45) is 0 Å². The third-order valence-electron chi connectivity index (χ3n) is 9.75. The van der Waals surface area contributed by atoms with Crippen molar-refractivity contribution in [2.45, 2.75) is 24.3 Å². The van der Waals surface area contributed by atoms with Crippen LogP contribution in [0.3, 0.4) is 0 Å². The predicted octanol–water partition coefficient (Wildman–Crippen LogP) is 8.36. The van der Waals surface area contributed by atoms with Gasteiger partial charge in [0, 0.05) is 35.4 Å². The zero-order valence-electron chi connectivity index (χ0n) is 26.4. The number of benzene rings is 5. The molecule has 0 unspecified atom stereocenters. The fourth-order valence-corrected chi connectivity index (χ4v) is 7.45. The van der Waals surface area contributed by atoms with Crippen molar-refractivity contribution < 1.29 is 29.0 Å². The Morgan fingerprint density at radius 3 is 1.47 bits per heavy atom. The van der Waals surface area contributed by atoms with Gasteiger partial charge < -0.3 is 19.6 Å². The summed E-state index contributed by atoms with van der Waals surface area (Å²) in [5.41, 5.74) is 9.66. The minimum atomic E-state index is -1.59. The van der Waals surface area contributed by atoms with Gasteiger partial charge in [-0.3, -0.25) is 0 Å². The Kier molecular flexibility index (Phi) is 7.68. The Morgan fingerprint density at radius 2 is 1.02 bits per heavy atom. The average molecular weight is 649 g/mol. The second kappa shape index (κ2) is 12.5. The molecule has 1 heterocycles. The molecule has 2 aliphatic carbocycles. The predicted molar refractivity (Wildman–Crippen MR) is 185 cm³/mol. The van der Waals surface area contributed by atoms with Gasteiger partial charge in [0.05, 0.1) is 0 Å². The van der Waals surface area contributed by atoms with E-state index >= 15 is 0 Å². The molecule has 8 heteroatoms. The van der Waals surface area contributed by atoms with E-state index in [0.717, 1.165) is 55.4 Å². The first-order valence-corrected chi connectivity index (χ1v) is 16.3. The van der Waals surface area contributed by atoms with Gasteiger partial charge >= 0.3 is 18.2 Å². The number of amides is 2. The second-order valence-electron chi connectivity index (χ2n) is 12.4. The maximum Gasteiger partial charge on any atom is 0.420 e. The summed E-state index contributed by atoms with van der Waals surface area (Å²) in [6.07, 6.45) is -0.597. The highest BCUT2D eigenvalue weighted by molar-refractivity contribution is 5.94. The molecule has 2 N–H and O–H groups in total. The summed E-state index contributed by atoms with van der Waals surface area (Å²) >= 11 is 0. The number of carboxylic acids is 1. The van der Waals surface area contributed by atoms with E-state index in [-0.39, 0.29) is 31.5 Å². The Bertz CT molecular complexity index is 2040. The lowest BCUT2D eigenvalue weighted by atomic mass is 9.98. The number of carbonyl (C=O) groups excluding carboxylic acids is 2. The summed E-state index contributed by atoms with van der Waals surface area (Å²) in [5.74, 6) is -1.91. The number of nitrogens with zero attached hydrogens (tertiary/aromatic N) is 1. The first-order chi connectivity index (χ1) is 24.0. The zero-order valence-corrected chi connectivity index (χ0v) is 26.4. The molecule has 242 valence electrons. The molecule has 8 nitrogen and oxygen atoms in total. The number of carbonyl (C=O) groups is 3. The van der Waals surface area contributed by atoms with Gasteiger partial charge in [0.25, 0.3) is 0 Å². The third-order valence-corrected chi connectivity index (χ3v) is 9.75. The lowest BCUT2D eigenvalue weighted by molar-refractivity contribution is -0.142. The SMILES string of the molecule is O=C(O)[C@@H](Cc1c[nH]c2ccccc12)N(C(=O)OCC1c2ccccc2-c2ccccc21)C(=O)OCC1c2ccccc2-c2ccccc21. The number of carboxylic acid groups (broad SMARTS) is 1. The number of hydrogen-bond donors (Lipinski definition) is 2. The molecule has 1 aromatic heterocycles. The van der Waals surface area contributed by atoms with Gasteiger partial charge in [0.2, 0.25) is 0 Å². The Labute approximate surface area is 282 Å². The fraction of sp³-hybridized carbons (Fsp3) is 0.146. The molecule has 0 fully saturated rings. The van der Waals surface area contributed by atoms with Crippen molar-refractivity contribution in [2.75, 3.05) is 13.2 Å². The number of imide groups is 1. The van der Waals surface area contributed by atoms with E-state index in [2.05, 4.69) is 4.98 Å². The van der Waals surface area contributed by atoms with Crippen molar-refractivity contribution in [1.82, 2.24) is 9.88 Å². The number of H-pyrrole nitrogens is 1. The second-order valence-corrected chi connectivity index (χ2v) is 12.4. The summed E-state index contributed by atoms with van der Waals surface area (Å²) in [6, 6.07) is 37.6. The van der Waals surface area contributed by atoms with Crippen LogP contribution in [0.4, 0.5) is 9.59 Å². The molecule has 1 atom stereocenters. The van der Waals surface area contributed by atoms with Crippen LogP contribution in [0.2, 0.25) is 0 Å². The zero-order chi connectivity index (χ0) is 33.5. The average Bonchev–Trinajstić information content (AvgIpc) is 3.79. The van der Waals surface area contributed by atoms with Crippen LogP contribution < -0.4 is 0 Å². The maximum atomic E-state index is 14.0. The lowest BCUT2D eigenvalue weighted by Gasteiger charge is -2.27. The summed E-state index contributed by atoms with van der Waals surface area (Å²) in [5, 5.41) is 11.3. The third kappa shape index (κ3) is 5.31. The van der Waals surface area contributed by atoms with E-state index in [1.165, 1.54) is 0 Å². The molecule has 6 aromatic rings. The largest absolute Gasteiger partial charge is 0.480 e. The van der Waals surface area contributed by atoms with Crippen LogP contribution in [0.5, 0.6) is 0 Å². The number of rotatable bonds is 8. The van der Waals surface area contributed by atoms with Gasteiger partial charge in [-0.15, -0.1) is 0 Å². The summed E-state index contributed by atoms with van der Waals surface area (Å²) < 4.78 is 11.7. The Balaban J connectivity index is 1.09. The van der Waals surface area contributed by atoms with Gasteiger partial charge in [-0.2, -0.15) is 4.90 Å². The number of aromatic nitrogens is 1. The molecule has 0 radical (unpaired) electrons. The molecule has 0 saturated heterocycles. The molecule has 0 aliphatic heterocycles. The molecule has 49 heavy (non-hydrogen) atoms. The molecule has 0 bridgehead atoms. The minimum Gasteiger partial charge on any atom is -0.480 e. The highest BCUT2D eigenvalue weighted by atomic mass is 16.6. The van der Waals surface area contributed by atoms with Crippen molar-refractivity contribution in [3.05, 3.63) is 155 Å². The van der Waals surface area contributed by atoms with Crippen LogP contribution >= 0.6 is 0 Å². The standard InChI is InChI=1S/C41H32N2O6/c44-39(45)38(21-25-22-42-37-20-10-9-11-26(25)37)43(40(46)48-23-35-31-16-5-1-12-27(31)28-13-2-6-17-32(28)35)41(47)49-24-36-33-18-7-3-14-29(33)30-15-4-8-19-34(30)36/h1-20,22,35-36,38,42H,21,23-24H2,(H,44,45)/t38-/m1/s1. The van der Waals surface area contributed by atoms with E-state index in [9.17, 15) is 19.5 Å². The van der Waals surface area contributed by atoms with E-state index in [0.29, 0.717) is 10.5 Å². The molecule has 0 saturated carbocycles. The van der Waals surface area contributed by atoms with E-state index in [1.54, 1.807) is 6.20 Å². The van der Waals surface area contributed by atoms with E-state index in [1.807, 2.05) is 121 Å². The van der Waals surface area contributed by atoms with Gasteiger partial charge in [-0.25, -0.2) is 14.4 Å². The monoisotopic (exact) mass is 648 g/mol. The van der Waals surface area contributed by atoms with Crippen LogP contribution in [-0.4, -0.2) is 52.4 Å². The highest BCUT2D eigenvalue weighted by Crippen LogP contribution is 2.46. The molecule has 2 amide bonds. The topological polar surface area (TPSA) is 109 Å². The summed E-state index contributed by atoms with van der Waals surface area (Å²) in [6.45, 7) is -0.168. The van der Waals surface area contributed by atoms with E-state index < -0.39 is 24.2 Å². The van der Waals surface area contributed by atoms with Crippen molar-refractivity contribution in [3.8, 4) is 22.3 Å². The molecule has 2 aliphatic rings. The molecule has 0 spiro atoms. The normalized spacial score (nSPS) is 13.6. The number of para-hydroxylation sites is 1. The number of fused-ring (bicyclic) bond motifs is 7. The lowest BCUT2D eigenvalue weighted by Crippen LogP contribution is -2.50. The van der Waals surface area contributed by atoms with Gasteiger partial charge in [0.15, 0.2) is 0 Å². The Hall–Kier alpha value is -6.15. The summed E-state index contributed by atoms with van der Waals surface area (Å²) in [7, 11) is 0. The van der Waals surface area contributed by atoms with Crippen LogP contribution in [-0.2, 0) is 20.7 Å². The molecular formula is C41H32N2O6. The first-order valence-electron chi connectivity index (χ1n) is 16.3. The van der Waals surface area contributed by atoms with E-state index in [4.69, 9.17) is 9.47 Å². The van der Waals surface area contributed by atoms with Gasteiger partial charge in [0.1, 0.15) is 19.3 Å². The smallest absolute Gasteiger partial charge is 0.420 e. The highest BCUT2D eigenvalue weighted by Gasteiger charge is 2.40. The number of nitrogens with one attached hydrogen (secondary N) is 1. The van der Waals surface area contributed by atoms with Crippen LogP contribution in [0.15, 0.2) is 128 Å². The van der Waals surface area contributed by atoms with Crippen molar-refractivity contribution >= 4 is 29.1 Å². The van der Waals surface area contributed by atoms with Crippen LogP contribution in [0.25, 0.3) is 33.2 Å². The molecule has 5 aromatic carbocycles. The number of hydrogen-bond acceptors (Lipinski definition) is 5. The first kappa shape index (κ1) is 30.2. The molecular weight excluding hydrogens is 616 g/mol. The fourth-order valence-electron chi connectivity index (χ4n) is 7.45. The van der Waals surface area contributed by atoms with Crippen molar-refractivity contribution in [3.63, 3.8) is 0 Å². The van der Waals surface area contributed by atoms with Crippen molar-refractivity contribution in [1.29, 1.82) is 0 Å². The van der Waals surface area contributed by atoms with Gasteiger partial charge in [-0.05, 0) is 56.1 Å². The minimum absolute atomic E-state index is 0.0839. The molecule has 8 rings (SSSR count). The van der Waals surface area contributed by atoms with Gasteiger partial charge in [-0.1, -0.05) is 115 Å². The quantitative estimate of drug-likeness (QED) is 0.172. The maximum absolute atomic E-state index is 14.0. The van der Waals surface area contributed by atoms with Crippen LogP contribution in [0, 0.1) is 0 Å². The summed E-state index contributed by atoms with van der Waals surface area (Å²) in [4.78, 5) is 44.8.